The Balaban J connectivity index is 1.52. The molecule has 2 aromatic carbocycles. The van der Waals surface area contributed by atoms with E-state index < -0.39 is 11.9 Å². The first-order chi connectivity index (χ1) is 14.0. The lowest BCUT2D eigenvalue weighted by molar-refractivity contribution is -0.146. The fourth-order valence-electron chi connectivity index (χ4n) is 3.01. The molecule has 1 atom stereocenters. The van der Waals surface area contributed by atoms with Gasteiger partial charge < -0.3 is 19.9 Å². The first-order valence-corrected chi connectivity index (χ1v) is 9.15. The van der Waals surface area contributed by atoms with Gasteiger partial charge in [0, 0.05) is 18.7 Å². The smallest absolute Gasteiger partial charge is 0.325 e. The number of pyridine rings is 1. The van der Waals surface area contributed by atoms with E-state index in [1.807, 2.05) is 36.4 Å². The van der Waals surface area contributed by atoms with Crippen LogP contribution in [0.2, 0.25) is 0 Å². The van der Waals surface area contributed by atoms with Gasteiger partial charge in [-0.25, -0.2) is 4.98 Å². The van der Waals surface area contributed by atoms with E-state index in [9.17, 15) is 14.7 Å². The zero-order valence-electron chi connectivity index (χ0n) is 16.2. The van der Waals surface area contributed by atoms with E-state index in [0.29, 0.717) is 6.42 Å². The summed E-state index contributed by atoms with van der Waals surface area (Å²) in [5.41, 5.74) is 0.833. The van der Waals surface area contributed by atoms with Crippen molar-refractivity contribution in [2.75, 3.05) is 13.7 Å². The molecule has 150 valence electrons. The Kier molecular flexibility index (Phi) is 6.29. The molecule has 1 aromatic heterocycles. The number of rotatable bonds is 7. The second-order valence-corrected chi connectivity index (χ2v) is 6.58. The second kappa shape index (κ2) is 9.05. The monoisotopic (exact) mass is 394 g/mol. The Bertz CT molecular complexity index is 1030. The highest BCUT2D eigenvalue weighted by Gasteiger charge is 2.18. The van der Waals surface area contributed by atoms with E-state index in [1.54, 1.807) is 6.92 Å². The second-order valence-electron chi connectivity index (χ2n) is 6.58. The van der Waals surface area contributed by atoms with Crippen LogP contribution < -0.4 is 10.1 Å². The van der Waals surface area contributed by atoms with Gasteiger partial charge in [-0.15, -0.1) is 0 Å². The summed E-state index contributed by atoms with van der Waals surface area (Å²) in [5, 5.41) is 14.6. The summed E-state index contributed by atoms with van der Waals surface area (Å²) in [7, 11) is 1.37. The van der Waals surface area contributed by atoms with Crippen LogP contribution in [0.15, 0.2) is 54.7 Å². The van der Waals surface area contributed by atoms with Crippen molar-refractivity contribution in [2.24, 2.45) is 0 Å². The van der Waals surface area contributed by atoms with Gasteiger partial charge in [0.2, 0.25) is 0 Å². The van der Waals surface area contributed by atoms with Crippen molar-refractivity contribution < 1.29 is 24.2 Å². The van der Waals surface area contributed by atoms with Gasteiger partial charge >= 0.3 is 5.97 Å². The topological polar surface area (TPSA) is 97.8 Å². The minimum absolute atomic E-state index is 0.122. The lowest BCUT2D eigenvalue weighted by atomic mass is 10.0. The molecule has 3 rings (SSSR count). The summed E-state index contributed by atoms with van der Waals surface area (Å²) < 4.78 is 10.3. The number of nitrogens with zero attached hydrogens (tertiary/aromatic N) is 1. The maximum absolute atomic E-state index is 12.1. The van der Waals surface area contributed by atoms with Crippen LogP contribution in [-0.4, -0.2) is 41.7 Å². The molecule has 0 bridgehead atoms. The zero-order valence-corrected chi connectivity index (χ0v) is 16.2. The number of hydrogen-bond acceptors (Lipinski definition) is 6. The predicted molar refractivity (Wildman–Crippen MR) is 108 cm³/mol. The van der Waals surface area contributed by atoms with Gasteiger partial charge in [-0.05, 0) is 23.3 Å². The lowest BCUT2D eigenvalue weighted by Crippen LogP contribution is -2.33. The third-order valence-electron chi connectivity index (χ3n) is 4.39. The van der Waals surface area contributed by atoms with E-state index in [1.165, 1.54) is 19.4 Å². The number of hydrogen-bond donors (Lipinski definition) is 2. The average molecular weight is 394 g/mol. The molecule has 7 heteroatoms. The summed E-state index contributed by atoms with van der Waals surface area (Å²) >= 11 is 0. The number of carbonyl (C=O) groups excluding carboxylic acids is 2. The number of fused-ring (bicyclic) bond motifs is 1. The highest BCUT2D eigenvalue weighted by molar-refractivity contribution is 5.97. The van der Waals surface area contributed by atoms with Crippen LogP contribution in [0.1, 0.15) is 23.0 Å². The number of esters is 1. The largest absolute Gasteiger partial charge is 0.503 e. The molecule has 0 radical (unpaired) electrons. The summed E-state index contributed by atoms with van der Waals surface area (Å²) in [6.07, 6.45) is 1.53. The Morgan fingerprint density at radius 2 is 1.90 bits per heavy atom. The molecule has 0 fully saturated rings. The quantitative estimate of drug-likeness (QED) is 0.598. The molecule has 0 saturated heterocycles. The molecule has 0 saturated carbocycles. The van der Waals surface area contributed by atoms with E-state index >= 15 is 0 Å². The van der Waals surface area contributed by atoms with Crippen molar-refractivity contribution in [2.45, 2.75) is 19.4 Å². The van der Waals surface area contributed by atoms with Crippen molar-refractivity contribution in [1.82, 2.24) is 10.3 Å². The summed E-state index contributed by atoms with van der Waals surface area (Å²) in [6, 6.07) is 15.6. The van der Waals surface area contributed by atoms with Crippen molar-refractivity contribution >= 4 is 22.6 Å². The molecule has 1 amide bonds. The Morgan fingerprint density at radius 1 is 1.14 bits per heavy atom. The van der Waals surface area contributed by atoms with Gasteiger partial charge in [0.05, 0.1) is 7.11 Å². The fraction of sp³-hybridized carbons (Fsp3) is 0.227. The molecule has 2 N–H and O–H groups in total. The number of benzene rings is 2. The van der Waals surface area contributed by atoms with Crippen LogP contribution >= 0.6 is 0 Å². The van der Waals surface area contributed by atoms with Gasteiger partial charge in [0.15, 0.2) is 17.2 Å². The molecule has 1 unspecified atom stereocenters. The highest BCUT2D eigenvalue weighted by Crippen LogP contribution is 2.27. The number of ether oxygens (including phenoxy) is 2. The number of methoxy groups -OCH3 is 1. The summed E-state index contributed by atoms with van der Waals surface area (Å²) in [6.45, 7) is 1.46. The molecular formula is C22H22N2O5. The van der Waals surface area contributed by atoms with Crippen LogP contribution in [0, 0.1) is 0 Å². The van der Waals surface area contributed by atoms with Crippen LogP contribution in [-0.2, 0) is 16.0 Å². The molecule has 0 spiro atoms. The molecule has 1 heterocycles. The third-order valence-corrected chi connectivity index (χ3v) is 4.39. The Morgan fingerprint density at radius 3 is 2.66 bits per heavy atom. The molecule has 0 aliphatic carbocycles. The first kappa shape index (κ1) is 20.1. The Labute approximate surface area is 168 Å². The van der Waals surface area contributed by atoms with Crippen LogP contribution in [0.3, 0.4) is 0 Å². The number of aromatic nitrogens is 1. The van der Waals surface area contributed by atoms with Crippen molar-refractivity contribution in [3.63, 3.8) is 0 Å². The first-order valence-electron chi connectivity index (χ1n) is 9.15. The fourth-order valence-corrected chi connectivity index (χ4v) is 3.01. The minimum Gasteiger partial charge on any atom is -0.503 e. The number of aromatic hydroxyl groups is 1. The highest BCUT2D eigenvalue weighted by atomic mass is 16.5. The Hall–Kier alpha value is -3.61. The van der Waals surface area contributed by atoms with E-state index in [-0.39, 0.29) is 29.8 Å². The molecule has 0 aliphatic heterocycles. The van der Waals surface area contributed by atoms with Crippen LogP contribution in [0.25, 0.3) is 10.8 Å². The molecular weight excluding hydrogens is 372 g/mol. The lowest BCUT2D eigenvalue weighted by Gasteiger charge is -2.14. The maximum atomic E-state index is 12.1. The standard InChI is InChI=1S/C22H22N2O5/c1-14(11-15-7-8-16-5-3-4-6-17(16)12-15)29-19(25)13-24-22(27)20-21(26)18(28-2)9-10-23-20/h3-10,12,14,26H,11,13H2,1-2H3,(H,24,27). The number of amides is 1. The van der Waals surface area contributed by atoms with Gasteiger partial charge in [0.25, 0.3) is 5.91 Å². The van der Waals surface area contributed by atoms with Gasteiger partial charge in [-0.1, -0.05) is 42.5 Å². The average Bonchev–Trinajstić information content (AvgIpc) is 2.72. The van der Waals surface area contributed by atoms with E-state index in [4.69, 9.17) is 9.47 Å². The van der Waals surface area contributed by atoms with Crippen molar-refractivity contribution in [3.05, 3.63) is 66.0 Å². The molecule has 7 nitrogen and oxygen atoms in total. The number of nitrogens with one attached hydrogen (secondary N) is 1. The van der Waals surface area contributed by atoms with Gasteiger partial charge in [-0.2, -0.15) is 0 Å². The SMILES string of the molecule is COc1ccnc(C(=O)NCC(=O)OC(C)Cc2ccc3ccccc3c2)c1O. The predicted octanol–water partition coefficient (Wildman–Crippen LogP) is 2.85. The molecule has 3 aromatic rings. The number of carbonyl (C=O) groups is 2. The summed E-state index contributed by atoms with van der Waals surface area (Å²) in [5.74, 6) is -1.53. The van der Waals surface area contributed by atoms with Crippen LogP contribution in [0.5, 0.6) is 11.5 Å². The third kappa shape index (κ3) is 5.01. The van der Waals surface area contributed by atoms with E-state index in [2.05, 4.69) is 16.4 Å². The molecule has 0 aliphatic rings. The van der Waals surface area contributed by atoms with Crippen molar-refractivity contribution in [1.29, 1.82) is 0 Å². The maximum Gasteiger partial charge on any atom is 0.325 e. The zero-order chi connectivity index (χ0) is 20.8. The van der Waals surface area contributed by atoms with Gasteiger partial charge in [-0.3, -0.25) is 9.59 Å². The molecule has 29 heavy (non-hydrogen) atoms. The van der Waals surface area contributed by atoms with Crippen LogP contribution in [0.4, 0.5) is 0 Å². The van der Waals surface area contributed by atoms with E-state index in [0.717, 1.165) is 16.3 Å². The van der Waals surface area contributed by atoms with Crippen molar-refractivity contribution in [3.8, 4) is 11.5 Å². The van der Waals surface area contributed by atoms with Gasteiger partial charge in [0.1, 0.15) is 12.6 Å². The normalized spacial score (nSPS) is 11.7. The summed E-state index contributed by atoms with van der Waals surface area (Å²) in [4.78, 5) is 28.0. The minimum atomic E-state index is -0.694.